The molecular formula is C19H26N4O2. The molecule has 2 saturated heterocycles. The van der Waals surface area contributed by atoms with Gasteiger partial charge in [0.2, 0.25) is 0 Å². The van der Waals surface area contributed by atoms with Gasteiger partial charge in [-0.05, 0) is 43.9 Å². The average Bonchev–Trinajstić information content (AvgIpc) is 3.03. The summed E-state index contributed by atoms with van der Waals surface area (Å²) in [5.41, 5.74) is 2.60. The summed E-state index contributed by atoms with van der Waals surface area (Å²) in [4.78, 5) is 19.5. The number of amides is 1. The summed E-state index contributed by atoms with van der Waals surface area (Å²) < 4.78 is 7.42. The summed E-state index contributed by atoms with van der Waals surface area (Å²) in [7, 11) is 1.96. The Labute approximate surface area is 148 Å². The molecule has 1 aromatic heterocycles. The van der Waals surface area contributed by atoms with Crippen molar-refractivity contribution < 1.29 is 9.53 Å². The molecule has 0 aliphatic carbocycles. The number of rotatable bonds is 3. The molecule has 0 bridgehead atoms. The third-order valence-corrected chi connectivity index (χ3v) is 5.56. The van der Waals surface area contributed by atoms with Crippen LogP contribution in [0.3, 0.4) is 0 Å². The molecule has 2 fully saturated rings. The van der Waals surface area contributed by atoms with Crippen LogP contribution in [0.25, 0.3) is 11.0 Å². The first-order valence-electron chi connectivity index (χ1n) is 9.24. The summed E-state index contributed by atoms with van der Waals surface area (Å²) in [6, 6.07) is 6.66. The standard InChI is InChI=1S/C19H26N4O2/c1-22-13-20-17-12-14(2-3-18(17)22)19(24)21-15-4-8-23(9-5-15)16-6-10-25-11-7-16/h2-3,12-13,15-16H,4-11H2,1H3,(H,21,24). The summed E-state index contributed by atoms with van der Waals surface area (Å²) >= 11 is 0. The van der Waals surface area contributed by atoms with E-state index in [9.17, 15) is 4.79 Å². The van der Waals surface area contributed by atoms with Gasteiger partial charge in [0.05, 0.1) is 17.4 Å². The van der Waals surface area contributed by atoms with Gasteiger partial charge in [0.15, 0.2) is 0 Å². The SMILES string of the molecule is Cn1cnc2cc(C(=O)NC3CCN(C4CCOCC4)CC3)ccc21. The highest BCUT2D eigenvalue weighted by Crippen LogP contribution is 2.20. The van der Waals surface area contributed by atoms with E-state index in [0.717, 1.165) is 63.0 Å². The van der Waals surface area contributed by atoms with Crippen LogP contribution < -0.4 is 5.32 Å². The number of benzene rings is 1. The third-order valence-electron chi connectivity index (χ3n) is 5.56. The highest BCUT2D eigenvalue weighted by molar-refractivity contribution is 5.97. The predicted molar refractivity (Wildman–Crippen MR) is 96.6 cm³/mol. The third kappa shape index (κ3) is 3.55. The van der Waals surface area contributed by atoms with Crippen LogP contribution in [0.5, 0.6) is 0 Å². The molecule has 6 nitrogen and oxygen atoms in total. The van der Waals surface area contributed by atoms with E-state index >= 15 is 0 Å². The topological polar surface area (TPSA) is 59.4 Å². The van der Waals surface area contributed by atoms with Crippen LogP contribution in [0.2, 0.25) is 0 Å². The van der Waals surface area contributed by atoms with Crippen LogP contribution in [0.15, 0.2) is 24.5 Å². The van der Waals surface area contributed by atoms with E-state index in [1.165, 1.54) is 0 Å². The number of nitrogens with zero attached hydrogens (tertiary/aromatic N) is 3. The van der Waals surface area contributed by atoms with Gasteiger partial charge in [-0.2, -0.15) is 0 Å². The van der Waals surface area contributed by atoms with Gasteiger partial charge in [0, 0.05) is 51.0 Å². The lowest BCUT2D eigenvalue weighted by Gasteiger charge is -2.39. The first-order valence-corrected chi connectivity index (χ1v) is 9.24. The second kappa shape index (κ2) is 7.14. The van der Waals surface area contributed by atoms with Gasteiger partial charge in [0.25, 0.3) is 5.91 Å². The lowest BCUT2D eigenvalue weighted by Crippen LogP contribution is -2.49. The maximum absolute atomic E-state index is 12.6. The quantitative estimate of drug-likeness (QED) is 0.926. The Morgan fingerprint density at radius 1 is 1.20 bits per heavy atom. The van der Waals surface area contributed by atoms with E-state index < -0.39 is 0 Å². The first-order chi connectivity index (χ1) is 12.2. The van der Waals surface area contributed by atoms with Crippen molar-refractivity contribution in [1.82, 2.24) is 19.8 Å². The number of hydrogen-bond acceptors (Lipinski definition) is 4. The molecule has 2 aliphatic heterocycles. The van der Waals surface area contributed by atoms with E-state index in [1.54, 1.807) is 6.33 Å². The normalized spacial score (nSPS) is 20.8. The van der Waals surface area contributed by atoms with Crippen LogP contribution in [0, 0.1) is 0 Å². The average molecular weight is 342 g/mol. The number of piperidine rings is 1. The number of aromatic nitrogens is 2. The Morgan fingerprint density at radius 3 is 2.72 bits per heavy atom. The molecule has 1 amide bonds. The van der Waals surface area contributed by atoms with Crippen molar-refractivity contribution in [1.29, 1.82) is 0 Å². The smallest absolute Gasteiger partial charge is 0.251 e. The fraction of sp³-hybridized carbons (Fsp3) is 0.579. The Balaban J connectivity index is 1.33. The number of aryl methyl sites for hydroxylation is 1. The van der Waals surface area contributed by atoms with Crippen molar-refractivity contribution in [2.24, 2.45) is 7.05 Å². The van der Waals surface area contributed by atoms with Crippen molar-refractivity contribution in [2.75, 3.05) is 26.3 Å². The van der Waals surface area contributed by atoms with Gasteiger partial charge in [-0.3, -0.25) is 4.79 Å². The van der Waals surface area contributed by atoms with E-state index in [4.69, 9.17) is 4.74 Å². The number of fused-ring (bicyclic) bond motifs is 1. The van der Waals surface area contributed by atoms with Crippen LogP contribution >= 0.6 is 0 Å². The van der Waals surface area contributed by atoms with Gasteiger partial charge >= 0.3 is 0 Å². The highest BCUT2D eigenvalue weighted by Gasteiger charge is 2.27. The second-order valence-corrected chi connectivity index (χ2v) is 7.19. The van der Waals surface area contributed by atoms with Crippen LogP contribution in [-0.4, -0.2) is 58.7 Å². The zero-order valence-corrected chi connectivity index (χ0v) is 14.8. The van der Waals surface area contributed by atoms with Gasteiger partial charge in [0.1, 0.15) is 0 Å². The zero-order valence-electron chi connectivity index (χ0n) is 14.8. The van der Waals surface area contributed by atoms with Crippen molar-refractivity contribution in [3.05, 3.63) is 30.1 Å². The fourth-order valence-electron chi connectivity index (χ4n) is 4.01. The molecule has 0 saturated carbocycles. The number of nitrogens with one attached hydrogen (secondary N) is 1. The Kier molecular flexibility index (Phi) is 4.72. The number of hydrogen-bond donors (Lipinski definition) is 1. The Morgan fingerprint density at radius 2 is 1.96 bits per heavy atom. The fourth-order valence-corrected chi connectivity index (χ4v) is 4.01. The molecule has 2 aromatic rings. The van der Waals surface area contributed by atoms with Gasteiger partial charge in [-0.1, -0.05) is 0 Å². The molecule has 2 aliphatic rings. The summed E-state index contributed by atoms with van der Waals surface area (Å²) in [6.07, 6.45) is 6.10. The molecule has 1 aromatic carbocycles. The van der Waals surface area contributed by atoms with Crippen LogP contribution in [0.1, 0.15) is 36.0 Å². The maximum Gasteiger partial charge on any atom is 0.251 e. The molecule has 3 heterocycles. The highest BCUT2D eigenvalue weighted by atomic mass is 16.5. The molecule has 1 N–H and O–H groups in total. The Bertz CT molecular complexity index is 743. The molecular weight excluding hydrogens is 316 g/mol. The minimum Gasteiger partial charge on any atom is -0.381 e. The molecule has 0 unspecified atom stereocenters. The molecule has 6 heteroatoms. The van der Waals surface area contributed by atoms with E-state index in [-0.39, 0.29) is 11.9 Å². The summed E-state index contributed by atoms with van der Waals surface area (Å²) in [5, 5.41) is 3.21. The Hall–Kier alpha value is -1.92. The maximum atomic E-state index is 12.6. The van der Waals surface area contributed by atoms with E-state index in [2.05, 4.69) is 15.2 Å². The summed E-state index contributed by atoms with van der Waals surface area (Å²) in [5.74, 6) is 0.0112. The number of carbonyl (C=O) groups excluding carboxylic acids is 1. The van der Waals surface area contributed by atoms with Crippen molar-refractivity contribution >= 4 is 16.9 Å². The molecule has 0 atom stereocenters. The molecule has 0 spiro atoms. The number of ether oxygens (including phenoxy) is 1. The molecule has 4 rings (SSSR count). The minimum atomic E-state index is 0.0112. The van der Waals surface area contributed by atoms with E-state index in [1.807, 2.05) is 29.8 Å². The van der Waals surface area contributed by atoms with Crippen LogP contribution in [0.4, 0.5) is 0 Å². The van der Waals surface area contributed by atoms with Crippen LogP contribution in [-0.2, 0) is 11.8 Å². The minimum absolute atomic E-state index is 0.0112. The lowest BCUT2D eigenvalue weighted by molar-refractivity contribution is 0.0238. The van der Waals surface area contributed by atoms with Gasteiger partial charge in [-0.25, -0.2) is 4.98 Å². The monoisotopic (exact) mass is 342 g/mol. The van der Waals surface area contributed by atoms with Crippen molar-refractivity contribution in [3.8, 4) is 0 Å². The second-order valence-electron chi connectivity index (χ2n) is 7.19. The molecule has 0 radical (unpaired) electrons. The number of carbonyl (C=O) groups is 1. The van der Waals surface area contributed by atoms with Crippen molar-refractivity contribution in [2.45, 2.75) is 37.8 Å². The summed E-state index contributed by atoms with van der Waals surface area (Å²) in [6.45, 7) is 3.90. The predicted octanol–water partition coefficient (Wildman–Crippen LogP) is 1.95. The lowest BCUT2D eigenvalue weighted by atomic mass is 9.99. The largest absolute Gasteiger partial charge is 0.381 e. The van der Waals surface area contributed by atoms with Gasteiger partial charge < -0.3 is 19.5 Å². The van der Waals surface area contributed by atoms with Crippen molar-refractivity contribution in [3.63, 3.8) is 0 Å². The number of likely N-dealkylation sites (tertiary alicyclic amines) is 1. The van der Waals surface area contributed by atoms with Gasteiger partial charge in [-0.15, -0.1) is 0 Å². The molecule has 25 heavy (non-hydrogen) atoms. The molecule has 134 valence electrons. The zero-order chi connectivity index (χ0) is 17.2. The van der Waals surface area contributed by atoms with E-state index in [0.29, 0.717) is 11.6 Å². The first kappa shape index (κ1) is 16.5. The number of imidazole rings is 1.